The Hall–Kier alpha value is -3.42. The molecule has 2 aromatic rings. The lowest BCUT2D eigenvalue weighted by Crippen LogP contribution is -2.41. The van der Waals surface area contributed by atoms with Gasteiger partial charge in [0.25, 0.3) is 0 Å². The molecule has 0 radical (unpaired) electrons. The minimum absolute atomic E-state index is 0.108. The van der Waals surface area contributed by atoms with Crippen molar-refractivity contribution in [2.24, 2.45) is 11.3 Å². The largest absolute Gasteiger partial charge is 0.494 e. The lowest BCUT2D eigenvalue weighted by atomic mass is 9.77. The van der Waals surface area contributed by atoms with E-state index in [1.54, 1.807) is 12.1 Å². The Morgan fingerprint density at radius 1 is 0.915 bits per heavy atom. The van der Waals surface area contributed by atoms with E-state index in [9.17, 15) is 15.0 Å². The number of carbonyl (C=O) groups is 1. The summed E-state index contributed by atoms with van der Waals surface area (Å²) in [5.41, 5.74) is 2.90. The van der Waals surface area contributed by atoms with Gasteiger partial charge in [-0.05, 0) is 105 Å². The van der Waals surface area contributed by atoms with E-state index in [1.807, 2.05) is 25.1 Å². The lowest BCUT2D eigenvalue weighted by Gasteiger charge is -2.29. The predicted molar refractivity (Wildman–Crippen MR) is 187 cm³/mol. The second-order valence-corrected chi connectivity index (χ2v) is 13.4. The average molecular weight is 651 g/mol. The van der Waals surface area contributed by atoms with E-state index in [0.29, 0.717) is 42.4 Å². The second-order valence-electron chi connectivity index (χ2n) is 13.4. The van der Waals surface area contributed by atoms with E-state index in [1.165, 1.54) is 45.4 Å². The van der Waals surface area contributed by atoms with Gasteiger partial charge in [0.15, 0.2) is 0 Å². The number of carbonyl (C=O) groups excluding carboxylic acids is 1. The zero-order valence-electron chi connectivity index (χ0n) is 28.8. The summed E-state index contributed by atoms with van der Waals surface area (Å²) < 4.78 is 32.8. The number of halogens is 1. The quantitative estimate of drug-likeness (QED) is 0.0490. The molecule has 0 atom stereocenters. The zero-order valence-corrected chi connectivity index (χ0v) is 28.8. The van der Waals surface area contributed by atoms with Crippen molar-refractivity contribution in [2.75, 3.05) is 33.0 Å². The first-order valence-corrected chi connectivity index (χ1v) is 17.1. The lowest BCUT2D eigenvalue weighted by molar-refractivity contribution is -0.146. The van der Waals surface area contributed by atoms with Gasteiger partial charge in [0.1, 0.15) is 30.5 Å². The van der Waals surface area contributed by atoms with Crippen molar-refractivity contribution in [2.45, 2.75) is 90.9 Å². The molecule has 7 heteroatoms. The number of unbranched alkanes of at least 4 members (excludes halogenated alkanes) is 2. The number of aliphatic hydroxyl groups excluding tert-OH is 2. The number of benzene rings is 2. The van der Waals surface area contributed by atoms with Crippen molar-refractivity contribution in [3.8, 4) is 16.9 Å². The molecular weight excluding hydrogens is 595 g/mol. The van der Waals surface area contributed by atoms with Crippen LogP contribution in [0.1, 0.15) is 95.6 Å². The van der Waals surface area contributed by atoms with Gasteiger partial charge in [-0.25, -0.2) is 9.18 Å². The molecule has 3 rings (SSSR count). The van der Waals surface area contributed by atoms with Crippen molar-refractivity contribution in [1.82, 2.24) is 0 Å². The van der Waals surface area contributed by atoms with Crippen LogP contribution in [0.3, 0.4) is 0 Å². The van der Waals surface area contributed by atoms with Crippen LogP contribution in [-0.2, 0) is 20.7 Å². The Labute approximate surface area is 281 Å². The molecule has 0 unspecified atom stereocenters. The fraction of sp³-hybridized carbons (Fsp3) is 0.525. The molecule has 2 N–H and O–H groups in total. The normalized spacial score (nSPS) is 16.4. The summed E-state index contributed by atoms with van der Waals surface area (Å²) in [6, 6.07) is 11.2. The first-order valence-electron chi connectivity index (χ1n) is 17.1. The van der Waals surface area contributed by atoms with E-state index in [4.69, 9.17) is 14.2 Å². The van der Waals surface area contributed by atoms with Crippen LogP contribution in [0, 0.1) is 17.2 Å². The first kappa shape index (κ1) is 38.0. The first-order chi connectivity index (χ1) is 22.5. The summed E-state index contributed by atoms with van der Waals surface area (Å²) in [4.78, 5) is 12.0. The SMILES string of the molecule is C=C(C)C(=C)OCCCc1cc(-c2ccc(C3CCC(CCCCC)CC3)cc2F)ccc1OCC(CO)(CO)COC(=O)C(=C)C. The molecule has 0 saturated heterocycles. The minimum atomic E-state index is -1.22. The van der Waals surface area contributed by atoms with Crippen molar-refractivity contribution in [1.29, 1.82) is 0 Å². The summed E-state index contributed by atoms with van der Waals surface area (Å²) in [5, 5.41) is 20.2. The van der Waals surface area contributed by atoms with Gasteiger partial charge < -0.3 is 24.4 Å². The van der Waals surface area contributed by atoms with Crippen LogP contribution in [0.15, 0.2) is 73.0 Å². The number of rotatable bonds is 20. The molecule has 0 spiro atoms. The van der Waals surface area contributed by atoms with E-state index in [0.717, 1.165) is 41.0 Å². The highest BCUT2D eigenvalue weighted by Gasteiger charge is 2.33. The molecule has 1 aliphatic carbocycles. The van der Waals surface area contributed by atoms with Gasteiger partial charge in [0.05, 0.1) is 25.2 Å². The summed E-state index contributed by atoms with van der Waals surface area (Å²) >= 11 is 0. The molecule has 6 nitrogen and oxygen atoms in total. The molecule has 0 bridgehead atoms. The standard InChI is InChI=1S/C40H55FO6/c1-7-8-9-11-31-13-15-32(16-14-31)33-17-19-36(37(41)23-33)34-18-20-38(35(22-34)12-10-21-45-30(6)28(2)3)46-26-40(24-42,25-43)27-47-39(44)29(4)5/h17-20,22-23,31-32,42-43H,2,4,6-16,21,24-27H2,1,3,5H3. The Morgan fingerprint density at radius 2 is 1.64 bits per heavy atom. The molecule has 47 heavy (non-hydrogen) atoms. The van der Waals surface area contributed by atoms with Gasteiger partial charge in [-0.2, -0.15) is 0 Å². The fourth-order valence-electron chi connectivity index (χ4n) is 6.00. The van der Waals surface area contributed by atoms with Crippen LogP contribution in [0.2, 0.25) is 0 Å². The number of ether oxygens (including phenoxy) is 3. The highest BCUT2D eigenvalue weighted by molar-refractivity contribution is 5.86. The molecule has 2 aromatic carbocycles. The van der Waals surface area contributed by atoms with Crippen molar-refractivity contribution in [3.05, 3.63) is 90.0 Å². The molecule has 0 aliphatic heterocycles. The van der Waals surface area contributed by atoms with Crippen LogP contribution >= 0.6 is 0 Å². The van der Waals surface area contributed by atoms with Crippen LogP contribution in [-0.4, -0.2) is 49.2 Å². The van der Waals surface area contributed by atoms with Gasteiger partial charge in [-0.1, -0.05) is 70.5 Å². The van der Waals surface area contributed by atoms with Gasteiger partial charge >= 0.3 is 5.97 Å². The van der Waals surface area contributed by atoms with Gasteiger partial charge in [0.2, 0.25) is 0 Å². The maximum Gasteiger partial charge on any atom is 0.333 e. The molecule has 1 saturated carbocycles. The van der Waals surface area contributed by atoms with Crippen molar-refractivity contribution < 1.29 is 33.6 Å². The smallest absolute Gasteiger partial charge is 0.333 e. The molecule has 0 heterocycles. The van der Waals surface area contributed by atoms with Gasteiger partial charge in [-0.15, -0.1) is 0 Å². The molecule has 1 fully saturated rings. The van der Waals surface area contributed by atoms with Crippen molar-refractivity contribution >= 4 is 5.97 Å². The summed E-state index contributed by atoms with van der Waals surface area (Å²) in [6.45, 7) is 16.0. The topological polar surface area (TPSA) is 85.2 Å². The maximum atomic E-state index is 15.7. The predicted octanol–water partition coefficient (Wildman–Crippen LogP) is 8.85. The van der Waals surface area contributed by atoms with Crippen LogP contribution in [0.25, 0.3) is 11.1 Å². The highest BCUT2D eigenvalue weighted by atomic mass is 19.1. The van der Waals surface area contributed by atoms with Crippen LogP contribution in [0.5, 0.6) is 5.75 Å². The number of aryl methyl sites for hydroxylation is 1. The monoisotopic (exact) mass is 650 g/mol. The summed E-state index contributed by atoms with van der Waals surface area (Å²) in [6.07, 6.45) is 11.0. The molecule has 0 aromatic heterocycles. The number of hydrogen-bond acceptors (Lipinski definition) is 6. The number of aliphatic hydroxyl groups is 2. The van der Waals surface area contributed by atoms with Gasteiger partial charge in [-0.3, -0.25) is 0 Å². The fourth-order valence-corrected chi connectivity index (χ4v) is 6.00. The van der Waals surface area contributed by atoms with E-state index in [-0.39, 0.29) is 24.6 Å². The zero-order chi connectivity index (χ0) is 34.4. The van der Waals surface area contributed by atoms with Crippen LogP contribution < -0.4 is 4.74 Å². The van der Waals surface area contributed by atoms with Crippen LogP contribution in [0.4, 0.5) is 4.39 Å². The Balaban J connectivity index is 1.78. The minimum Gasteiger partial charge on any atom is -0.494 e. The Morgan fingerprint density at radius 3 is 2.26 bits per heavy atom. The average Bonchev–Trinajstić information content (AvgIpc) is 3.07. The van der Waals surface area contributed by atoms with Crippen molar-refractivity contribution in [3.63, 3.8) is 0 Å². The molecule has 0 amide bonds. The molecule has 258 valence electrons. The van der Waals surface area contributed by atoms with E-state index in [2.05, 4.69) is 32.7 Å². The summed E-state index contributed by atoms with van der Waals surface area (Å²) in [7, 11) is 0. The molecule has 1 aliphatic rings. The number of hydrogen-bond donors (Lipinski definition) is 2. The Bertz CT molecular complexity index is 1350. The summed E-state index contributed by atoms with van der Waals surface area (Å²) in [5.74, 6) is 1.40. The maximum absolute atomic E-state index is 15.7. The third-order valence-electron chi connectivity index (χ3n) is 9.30. The van der Waals surface area contributed by atoms with E-state index < -0.39 is 24.6 Å². The van der Waals surface area contributed by atoms with E-state index >= 15 is 4.39 Å². The third kappa shape index (κ3) is 11.4. The molecular formula is C40H55FO6. The second kappa shape index (κ2) is 18.8. The Kier molecular flexibility index (Phi) is 15.2. The van der Waals surface area contributed by atoms with Gasteiger partial charge in [0, 0.05) is 11.1 Å². The number of esters is 1. The highest BCUT2D eigenvalue weighted by Crippen LogP contribution is 2.39. The third-order valence-corrected chi connectivity index (χ3v) is 9.30. The number of allylic oxidation sites excluding steroid dienone is 1.